The molecule has 1 saturated heterocycles. The van der Waals surface area contributed by atoms with Crippen molar-refractivity contribution in [2.75, 3.05) is 0 Å². The first-order chi connectivity index (χ1) is 13.5. The summed E-state index contributed by atoms with van der Waals surface area (Å²) < 4.78 is 0. The van der Waals surface area contributed by atoms with E-state index in [2.05, 4.69) is 20.3 Å². The summed E-state index contributed by atoms with van der Waals surface area (Å²) in [6.45, 7) is 0. The van der Waals surface area contributed by atoms with Gasteiger partial charge in [0.05, 0.1) is 26.0 Å². The summed E-state index contributed by atoms with van der Waals surface area (Å²) in [4.78, 5) is 34.4. The molecule has 0 radical (unpaired) electrons. The van der Waals surface area contributed by atoms with Crippen LogP contribution >= 0.6 is 35.0 Å². The van der Waals surface area contributed by atoms with Crippen molar-refractivity contribution in [2.24, 2.45) is 0 Å². The predicted octanol–water partition coefficient (Wildman–Crippen LogP) is 5.34. The molecule has 1 aliphatic heterocycles. The van der Waals surface area contributed by atoms with Crippen LogP contribution in [0.3, 0.4) is 0 Å². The Morgan fingerprint density at radius 1 is 0.964 bits per heavy atom. The van der Waals surface area contributed by atoms with Crippen LogP contribution in [0.15, 0.2) is 41.3 Å². The molecule has 138 valence electrons. The molecule has 6 nitrogen and oxygen atoms in total. The number of thioether (sulfide) groups is 1. The summed E-state index contributed by atoms with van der Waals surface area (Å²) in [5, 5.41) is 3.76. The van der Waals surface area contributed by atoms with Gasteiger partial charge in [0, 0.05) is 22.2 Å². The number of carbonyl (C=O) groups excluding carboxylic acids is 2. The van der Waals surface area contributed by atoms with Crippen molar-refractivity contribution in [1.29, 1.82) is 0 Å². The summed E-state index contributed by atoms with van der Waals surface area (Å²) in [6.07, 6.45) is 1.66. The van der Waals surface area contributed by atoms with Crippen molar-refractivity contribution in [3.05, 3.63) is 57.0 Å². The number of imidazole rings is 1. The number of carbonyl (C=O) groups is 2. The number of rotatable bonds is 2. The predicted molar refractivity (Wildman–Crippen MR) is 113 cm³/mol. The molecule has 0 unspecified atom stereocenters. The Labute approximate surface area is 172 Å². The molecule has 28 heavy (non-hydrogen) atoms. The van der Waals surface area contributed by atoms with Crippen molar-refractivity contribution in [3.63, 3.8) is 0 Å². The number of halogens is 2. The highest BCUT2D eigenvalue weighted by atomic mass is 35.5. The minimum Gasteiger partial charge on any atom is -0.355 e. The normalized spacial score (nSPS) is 15.9. The number of nitrogens with one attached hydrogen (secondary N) is 3. The van der Waals surface area contributed by atoms with Gasteiger partial charge in [-0.1, -0.05) is 23.2 Å². The van der Waals surface area contributed by atoms with E-state index in [0.717, 1.165) is 45.0 Å². The molecule has 0 spiro atoms. The van der Waals surface area contributed by atoms with Crippen LogP contribution in [0.1, 0.15) is 5.69 Å². The van der Waals surface area contributed by atoms with Crippen LogP contribution in [-0.4, -0.2) is 26.1 Å². The van der Waals surface area contributed by atoms with E-state index in [4.69, 9.17) is 23.2 Å². The number of benzene rings is 2. The second-order valence-corrected chi connectivity index (χ2v) is 8.08. The minimum atomic E-state index is -0.381. The molecule has 0 bridgehead atoms. The summed E-state index contributed by atoms with van der Waals surface area (Å²) in [5.74, 6) is 0.321. The Kier molecular flexibility index (Phi) is 3.97. The molecular weight excluding hydrogens is 419 g/mol. The summed E-state index contributed by atoms with van der Waals surface area (Å²) in [7, 11) is 0. The third kappa shape index (κ3) is 2.97. The third-order valence-electron chi connectivity index (χ3n) is 4.37. The molecule has 1 aliphatic rings. The van der Waals surface area contributed by atoms with Gasteiger partial charge in [-0.25, -0.2) is 4.98 Å². The summed E-state index contributed by atoms with van der Waals surface area (Å²) in [6, 6.07) is 11.3. The van der Waals surface area contributed by atoms with E-state index in [1.807, 2.05) is 24.3 Å². The average molecular weight is 429 g/mol. The Balaban J connectivity index is 1.54. The van der Waals surface area contributed by atoms with Crippen LogP contribution in [0, 0.1) is 0 Å². The Morgan fingerprint density at radius 2 is 1.79 bits per heavy atom. The van der Waals surface area contributed by atoms with Gasteiger partial charge in [0.25, 0.3) is 11.1 Å². The number of hydrogen-bond donors (Lipinski definition) is 3. The lowest BCUT2D eigenvalue weighted by atomic mass is 10.1. The number of nitrogens with zero attached hydrogens (tertiary/aromatic N) is 1. The van der Waals surface area contributed by atoms with Crippen molar-refractivity contribution >= 4 is 74.1 Å². The maximum absolute atomic E-state index is 11.7. The minimum absolute atomic E-state index is 0.361. The monoisotopic (exact) mass is 428 g/mol. The van der Waals surface area contributed by atoms with Crippen molar-refractivity contribution in [2.45, 2.75) is 0 Å². The third-order valence-corrected chi connectivity index (χ3v) is 5.90. The van der Waals surface area contributed by atoms with E-state index in [-0.39, 0.29) is 11.1 Å². The molecule has 3 heterocycles. The van der Waals surface area contributed by atoms with Crippen LogP contribution in [0.2, 0.25) is 10.0 Å². The smallest absolute Gasteiger partial charge is 0.290 e. The van der Waals surface area contributed by atoms with Crippen LogP contribution in [0.4, 0.5) is 4.79 Å². The Morgan fingerprint density at radius 3 is 2.57 bits per heavy atom. The maximum Gasteiger partial charge on any atom is 0.290 e. The molecule has 5 rings (SSSR count). The molecular formula is C19H10Cl2N4O2S. The molecule has 3 N–H and O–H groups in total. The lowest BCUT2D eigenvalue weighted by molar-refractivity contribution is -0.115. The van der Waals surface area contributed by atoms with Gasteiger partial charge in [0.2, 0.25) is 0 Å². The zero-order valence-electron chi connectivity index (χ0n) is 14.0. The second kappa shape index (κ2) is 6.41. The molecule has 2 aromatic carbocycles. The van der Waals surface area contributed by atoms with Crippen LogP contribution in [0.5, 0.6) is 0 Å². The second-order valence-electron chi connectivity index (χ2n) is 6.25. The number of H-pyrrole nitrogens is 2. The standard InChI is InChI=1S/C19H10Cl2N4O2S/c20-11-6-14-15(7-12(11)21)24-17(23-14)8-1-2-13-9(3-8)4-10(22-13)5-16-18(26)25-19(27)28-16/h1-7,22H,(H,23,24)(H,25,26,27). The highest BCUT2D eigenvalue weighted by Crippen LogP contribution is 2.31. The van der Waals surface area contributed by atoms with E-state index >= 15 is 0 Å². The van der Waals surface area contributed by atoms with Gasteiger partial charge in [-0.05, 0) is 54.2 Å². The fourth-order valence-corrected chi connectivity index (χ4v) is 4.08. The van der Waals surface area contributed by atoms with Gasteiger partial charge in [0.1, 0.15) is 5.82 Å². The Bertz CT molecular complexity index is 1300. The number of fused-ring (bicyclic) bond motifs is 2. The lowest BCUT2D eigenvalue weighted by Gasteiger charge is -1.96. The molecule has 0 saturated carbocycles. The quantitative estimate of drug-likeness (QED) is 0.375. The number of aromatic nitrogens is 3. The summed E-state index contributed by atoms with van der Waals surface area (Å²) in [5.41, 5.74) is 4.09. The fourth-order valence-electron chi connectivity index (χ4n) is 3.08. The van der Waals surface area contributed by atoms with Crippen molar-refractivity contribution in [3.8, 4) is 11.4 Å². The van der Waals surface area contributed by atoms with E-state index in [1.54, 1.807) is 18.2 Å². The first kappa shape index (κ1) is 17.4. The molecule has 0 aliphatic carbocycles. The van der Waals surface area contributed by atoms with Crippen molar-refractivity contribution in [1.82, 2.24) is 20.3 Å². The highest BCUT2D eigenvalue weighted by Gasteiger charge is 2.25. The number of aromatic amines is 2. The lowest BCUT2D eigenvalue weighted by Crippen LogP contribution is -2.17. The van der Waals surface area contributed by atoms with Crippen LogP contribution in [0.25, 0.3) is 39.4 Å². The first-order valence-electron chi connectivity index (χ1n) is 8.19. The fraction of sp³-hybridized carbons (Fsp3) is 0. The van der Waals surface area contributed by atoms with Gasteiger partial charge in [-0.2, -0.15) is 0 Å². The van der Waals surface area contributed by atoms with E-state index < -0.39 is 0 Å². The molecule has 9 heteroatoms. The van der Waals surface area contributed by atoms with Crippen molar-refractivity contribution < 1.29 is 9.59 Å². The molecule has 4 aromatic rings. The number of amides is 2. The Hall–Kier alpha value is -2.74. The number of hydrogen-bond acceptors (Lipinski definition) is 4. The average Bonchev–Trinajstić information content (AvgIpc) is 3.31. The van der Waals surface area contributed by atoms with Gasteiger partial charge < -0.3 is 9.97 Å². The SMILES string of the molecule is O=C1NC(=O)C(=Cc2cc3cc(-c4nc5cc(Cl)c(Cl)cc5[nH]4)ccc3[nH]2)S1. The van der Waals surface area contributed by atoms with Gasteiger partial charge in [-0.3, -0.25) is 14.9 Å². The maximum atomic E-state index is 11.7. The van der Waals surface area contributed by atoms with Crippen LogP contribution < -0.4 is 5.32 Å². The molecule has 1 fully saturated rings. The topological polar surface area (TPSA) is 90.6 Å². The van der Waals surface area contributed by atoms with E-state index in [0.29, 0.717) is 20.8 Å². The van der Waals surface area contributed by atoms with E-state index in [1.165, 1.54) is 0 Å². The van der Waals surface area contributed by atoms with E-state index in [9.17, 15) is 9.59 Å². The highest BCUT2D eigenvalue weighted by molar-refractivity contribution is 8.18. The zero-order valence-corrected chi connectivity index (χ0v) is 16.3. The molecule has 2 aromatic heterocycles. The van der Waals surface area contributed by atoms with Gasteiger partial charge in [0.15, 0.2) is 0 Å². The largest absolute Gasteiger partial charge is 0.355 e. The number of imide groups is 1. The molecule has 2 amide bonds. The molecule has 0 atom stereocenters. The summed E-state index contributed by atoms with van der Waals surface area (Å²) >= 11 is 13.0. The van der Waals surface area contributed by atoms with Gasteiger partial charge in [-0.15, -0.1) is 0 Å². The zero-order chi connectivity index (χ0) is 19.4. The van der Waals surface area contributed by atoms with Crippen LogP contribution in [-0.2, 0) is 4.79 Å². The first-order valence-corrected chi connectivity index (χ1v) is 9.76. The van der Waals surface area contributed by atoms with Gasteiger partial charge >= 0.3 is 0 Å².